The number of aryl methyl sites for hydroxylation is 2. The second kappa shape index (κ2) is 10.0. The number of hydrogen-bond acceptors (Lipinski definition) is 5. The standard InChI is InChI=1S/C31H25N7O2/c1-20-14-15-32-29-26(18-34-38(20)29)30(39)35-21(2)27-16-24-9-7-8-23(13-12-22-17-33-36(3)19-22)28(24)31(40)37(27)25-10-5-4-6-11-25/h4-11,14-19,21H,1-3H3,(H,35,39)/t21-/m1/s1. The molecule has 0 saturated heterocycles. The fraction of sp³-hybridized carbons (Fsp3) is 0.129. The van der Waals surface area contributed by atoms with Gasteiger partial charge in [-0.15, -0.1) is 0 Å². The summed E-state index contributed by atoms with van der Waals surface area (Å²) in [4.78, 5) is 31.9. The Morgan fingerprint density at radius 2 is 1.82 bits per heavy atom. The third-order valence-electron chi connectivity index (χ3n) is 6.76. The van der Waals surface area contributed by atoms with E-state index in [1.54, 1.807) is 26.2 Å². The number of nitrogens with zero attached hydrogens (tertiary/aromatic N) is 6. The lowest BCUT2D eigenvalue weighted by atomic mass is 10.0. The lowest BCUT2D eigenvalue weighted by molar-refractivity contribution is 0.0940. The zero-order chi connectivity index (χ0) is 27.8. The van der Waals surface area contributed by atoms with E-state index in [0.29, 0.717) is 33.5 Å². The van der Waals surface area contributed by atoms with Crippen molar-refractivity contribution in [3.8, 4) is 17.5 Å². The van der Waals surface area contributed by atoms with Crippen molar-refractivity contribution in [1.82, 2.24) is 34.3 Å². The average molecular weight is 528 g/mol. The van der Waals surface area contributed by atoms with Crippen LogP contribution in [0.25, 0.3) is 22.1 Å². The van der Waals surface area contributed by atoms with Gasteiger partial charge in [0.05, 0.1) is 29.4 Å². The number of fused-ring (bicyclic) bond motifs is 2. The molecule has 0 saturated carbocycles. The minimum absolute atomic E-state index is 0.218. The SMILES string of the molecule is Cc1ccnc2c(C(=O)N[C@H](C)c3cc4cccc(C#Cc5cnn(C)c5)c4c(=O)n3-c3ccccc3)cnn12. The van der Waals surface area contributed by atoms with Crippen LogP contribution in [-0.4, -0.2) is 34.9 Å². The highest BCUT2D eigenvalue weighted by Gasteiger charge is 2.22. The van der Waals surface area contributed by atoms with Gasteiger partial charge in [0.15, 0.2) is 5.65 Å². The molecule has 0 spiro atoms. The smallest absolute Gasteiger partial charge is 0.264 e. The first-order valence-corrected chi connectivity index (χ1v) is 12.8. The summed E-state index contributed by atoms with van der Waals surface area (Å²) in [6.45, 7) is 3.75. The van der Waals surface area contributed by atoms with Gasteiger partial charge in [-0.05, 0) is 49.6 Å². The van der Waals surface area contributed by atoms with Crippen LogP contribution >= 0.6 is 0 Å². The van der Waals surface area contributed by atoms with Gasteiger partial charge in [-0.25, -0.2) is 9.50 Å². The minimum Gasteiger partial charge on any atom is -0.344 e. The number of carbonyl (C=O) groups excluding carboxylic acids is 1. The van der Waals surface area contributed by atoms with Gasteiger partial charge in [-0.1, -0.05) is 42.2 Å². The van der Waals surface area contributed by atoms with Crippen molar-refractivity contribution in [3.63, 3.8) is 0 Å². The maximum Gasteiger partial charge on any atom is 0.264 e. The summed E-state index contributed by atoms with van der Waals surface area (Å²) in [5, 5.41) is 12.8. The van der Waals surface area contributed by atoms with Crippen LogP contribution in [0.1, 0.15) is 45.8 Å². The lowest BCUT2D eigenvalue weighted by Gasteiger charge is -2.21. The van der Waals surface area contributed by atoms with Crippen LogP contribution in [0, 0.1) is 18.8 Å². The number of nitrogens with one attached hydrogen (secondary N) is 1. The van der Waals surface area contributed by atoms with Crippen molar-refractivity contribution in [2.24, 2.45) is 7.05 Å². The molecule has 6 aromatic rings. The molecule has 4 heterocycles. The Morgan fingerprint density at radius 3 is 2.60 bits per heavy atom. The highest BCUT2D eigenvalue weighted by atomic mass is 16.2. The van der Waals surface area contributed by atoms with Crippen LogP contribution < -0.4 is 10.9 Å². The maximum atomic E-state index is 14.2. The van der Waals surface area contributed by atoms with Gasteiger partial charge >= 0.3 is 0 Å². The second-order valence-electron chi connectivity index (χ2n) is 9.54. The summed E-state index contributed by atoms with van der Waals surface area (Å²) in [6, 6.07) is 18.2. The number of pyridine rings is 1. The zero-order valence-electron chi connectivity index (χ0n) is 22.2. The van der Waals surface area contributed by atoms with Crippen molar-refractivity contribution in [2.45, 2.75) is 19.9 Å². The van der Waals surface area contributed by atoms with E-state index in [4.69, 9.17) is 0 Å². The predicted molar refractivity (Wildman–Crippen MR) is 152 cm³/mol. The molecule has 0 aliphatic rings. The first-order chi connectivity index (χ1) is 19.4. The van der Waals surface area contributed by atoms with Gasteiger partial charge in [0, 0.05) is 42.1 Å². The Hall–Kier alpha value is -5.49. The van der Waals surface area contributed by atoms with Gasteiger partial charge in [0.25, 0.3) is 11.5 Å². The van der Waals surface area contributed by atoms with Gasteiger partial charge in [0.2, 0.25) is 0 Å². The molecule has 1 amide bonds. The van der Waals surface area contributed by atoms with Crippen molar-refractivity contribution < 1.29 is 4.79 Å². The first kappa shape index (κ1) is 24.8. The third-order valence-corrected chi connectivity index (χ3v) is 6.76. The van der Waals surface area contributed by atoms with Gasteiger partial charge in [-0.2, -0.15) is 10.2 Å². The van der Waals surface area contributed by atoms with Crippen LogP contribution in [-0.2, 0) is 7.05 Å². The predicted octanol–water partition coefficient (Wildman–Crippen LogP) is 3.97. The van der Waals surface area contributed by atoms with E-state index in [0.717, 1.165) is 16.6 Å². The molecule has 0 bridgehead atoms. The number of benzene rings is 2. The Kier molecular flexibility index (Phi) is 6.21. The van der Waals surface area contributed by atoms with Gasteiger partial charge < -0.3 is 5.32 Å². The lowest BCUT2D eigenvalue weighted by Crippen LogP contribution is -2.32. The Balaban J connectivity index is 1.46. The minimum atomic E-state index is -0.519. The van der Waals surface area contributed by atoms with Crippen molar-refractivity contribution >= 4 is 22.3 Å². The van der Waals surface area contributed by atoms with E-state index in [-0.39, 0.29) is 11.5 Å². The third kappa shape index (κ3) is 4.41. The summed E-state index contributed by atoms with van der Waals surface area (Å²) in [5.41, 5.74) is 4.18. The molecule has 1 atom stereocenters. The number of rotatable bonds is 4. The Bertz CT molecular complexity index is 2020. The van der Waals surface area contributed by atoms with Crippen molar-refractivity contribution in [1.29, 1.82) is 0 Å². The van der Waals surface area contributed by atoms with Crippen molar-refractivity contribution in [3.05, 3.63) is 124 Å². The molecule has 0 radical (unpaired) electrons. The van der Waals surface area contributed by atoms with Crippen LogP contribution in [0.2, 0.25) is 0 Å². The summed E-state index contributed by atoms with van der Waals surface area (Å²) in [5.74, 6) is 5.93. The summed E-state index contributed by atoms with van der Waals surface area (Å²) < 4.78 is 4.95. The van der Waals surface area contributed by atoms with E-state index in [1.165, 1.54) is 6.20 Å². The molecule has 9 heteroatoms. The number of carbonyl (C=O) groups is 1. The highest BCUT2D eigenvalue weighted by Crippen LogP contribution is 2.24. The van der Waals surface area contributed by atoms with Crippen molar-refractivity contribution in [2.75, 3.05) is 0 Å². The fourth-order valence-electron chi connectivity index (χ4n) is 4.79. The van der Waals surface area contributed by atoms with E-state index in [9.17, 15) is 9.59 Å². The Labute approximate surface area is 229 Å². The molecule has 1 N–H and O–H groups in total. The Morgan fingerprint density at radius 1 is 1.00 bits per heavy atom. The summed E-state index contributed by atoms with van der Waals surface area (Å²) >= 11 is 0. The molecule has 2 aromatic carbocycles. The first-order valence-electron chi connectivity index (χ1n) is 12.8. The average Bonchev–Trinajstić information content (AvgIpc) is 3.59. The van der Waals surface area contributed by atoms with E-state index < -0.39 is 6.04 Å². The number of aromatic nitrogens is 6. The summed E-state index contributed by atoms with van der Waals surface area (Å²) in [7, 11) is 1.83. The normalized spacial score (nSPS) is 11.8. The largest absolute Gasteiger partial charge is 0.344 e. The zero-order valence-corrected chi connectivity index (χ0v) is 22.2. The molecule has 0 aliphatic carbocycles. The second-order valence-corrected chi connectivity index (χ2v) is 9.54. The maximum absolute atomic E-state index is 14.2. The molecule has 6 rings (SSSR count). The van der Waals surface area contributed by atoms with Crippen LogP contribution in [0.4, 0.5) is 0 Å². The van der Waals surface area contributed by atoms with Gasteiger partial charge in [0.1, 0.15) is 5.56 Å². The molecule has 0 aliphatic heterocycles. The number of hydrogen-bond donors (Lipinski definition) is 1. The number of para-hydroxylation sites is 1. The quantitative estimate of drug-likeness (QED) is 0.350. The fourth-order valence-corrected chi connectivity index (χ4v) is 4.79. The van der Waals surface area contributed by atoms with Gasteiger partial charge in [-0.3, -0.25) is 18.8 Å². The van der Waals surface area contributed by atoms with Crippen LogP contribution in [0.15, 0.2) is 90.2 Å². The molecule has 40 heavy (non-hydrogen) atoms. The highest BCUT2D eigenvalue weighted by molar-refractivity contribution is 6.00. The van der Waals surface area contributed by atoms with Crippen LogP contribution in [0.5, 0.6) is 0 Å². The monoisotopic (exact) mass is 527 g/mol. The molecule has 0 unspecified atom stereocenters. The summed E-state index contributed by atoms with van der Waals surface area (Å²) in [6.07, 6.45) is 6.67. The van der Waals surface area contributed by atoms with Crippen LogP contribution in [0.3, 0.4) is 0 Å². The number of amides is 1. The van der Waals surface area contributed by atoms with E-state index in [1.807, 2.05) is 87.8 Å². The molecular weight excluding hydrogens is 502 g/mol. The molecule has 0 fully saturated rings. The topological polar surface area (TPSA) is 99.1 Å². The molecule has 4 aromatic heterocycles. The van der Waals surface area contributed by atoms with E-state index in [2.05, 4.69) is 32.3 Å². The van der Waals surface area contributed by atoms with E-state index >= 15 is 0 Å². The molecular formula is C31H25N7O2. The molecule has 9 nitrogen and oxygen atoms in total. The molecule has 196 valence electrons.